The van der Waals surface area contributed by atoms with Gasteiger partial charge in [0.15, 0.2) is 46.0 Å². The fourth-order valence-electron chi connectivity index (χ4n) is 6.04. The van der Waals surface area contributed by atoms with Crippen LogP contribution < -0.4 is 37.9 Å². The number of hydrogen-bond acceptors (Lipinski definition) is 8. The van der Waals surface area contributed by atoms with Crippen LogP contribution in [0.25, 0.3) is 43.4 Å². The molecule has 0 radical (unpaired) electrons. The van der Waals surface area contributed by atoms with Crippen LogP contribution in [0, 0.1) is 0 Å². The van der Waals surface area contributed by atoms with Gasteiger partial charge in [0.25, 0.3) is 0 Å². The summed E-state index contributed by atoms with van der Waals surface area (Å²) in [6.45, 7) is 0. The number of hydrogen-bond donors (Lipinski definition) is 0. The van der Waals surface area contributed by atoms with Crippen molar-refractivity contribution in [3.63, 3.8) is 0 Å². The quantitative estimate of drug-likeness (QED) is 0.138. The van der Waals surface area contributed by atoms with Crippen molar-refractivity contribution in [2.24, 2.45) is 0 Å². The van der Waals surface area contributed by atoms with Crippen LogP contribution in [-0.2, 0) is 0 Å². The van der Waals surface area contributed by atoms with Crippen molar-refractivity contribution in [1.29, 1.82) is 0 Å². The summed E-state index contributed by atoms with van der Waals surface area (Å²) in [5, 5.41) is 6.69. The Morgan fingerprint density at radius 3 is 0.923 bits per heavy atom. The Morgan fingerprint density at radius 1 is 0.231 bits per heavy atom. The molecule has 268 valence electrons. The second kappa shape index (κ2) is 17.6. The summed E-state index contributed by atoms with van der Waals surface area (Å²) < 4.78 is 42.6. The number of para-hydroxylation sites is 2. The minimum Gasteiger partial charge on any atom is -0.493 e. The number of fused-ring (bicyclic) bond motifs is 6. The molecule has 0 amide bonds. The van der Waals surface area contributed by atoms with Crippen molar-refractivity contribution in [1.82, 2.24) is 0 Å². The first-order valence-corrected chi connectivity index (χ1v) is 16.5. The minimum atomic E-state index is 0.700. The van der Waals surface area contributed by atoms with Gasteiger partial charge in [-0.1, -0.05) is 72.8 Å². The second-order valence-electron chi connectivity index (χ2n) is 11.3. The molecule has 52 heavy (non-hydrogen) atoms. The predicted molar refractivity (Wildman–Crippen MR) is 210 cm³/mol. The van der Waals surface area contributed by atoms with E-state index < -0.39 is 0 Å². The van der Waals surface area contributed by atoms with Crippen LogP contribution in [0.5, 0.6) is 46.0 Å². The molecule has 0 N–H and O–H groups in total. The Hall–Kier alpha value is -6.28. The Kier molecular flexibility index (Phi) is 12.5. The highest BCUT2D eigenvalue weighted by molar-refractivity contribution is 6.26. The summed E-state index contributed by atoms with van der Waals surface area (Å²) in [5.41, 5.74) is 2.29. The summed E-state index contributed by atoms with van der Waals surface area (Å²) in [7, 11) is 13.1. The van der Waals surface area contributed by atoms with Crippen LogP contribution in [-0.4, -0.2) is 56.9 Å². The van der Waals surface area contributed by atoms with Gasteiger partial charge in [-0.2, -0.15) is 0 Å². The lowest BCUT2D eigenvalue weighted by Gasteiger charge is -2.16. The van der Waals surface area contributed by atoms with Gasteiger partial charge < -0.3 is 37.9 Å². The number of ether oxygens (including phenoxy) is 8. The average Bonchev–Trinajstić information content (AvgIpc) is 3.23. The van der Waals surface area contributed by atoms with Gasteiger partial charge >= 0.3 is 0 Å². The first-order valence-electron chi connectivity index (χ1n) is 16.5. The highest BCUT2D eigenvalue weighted by atomic mass is 16.5. The smallest absolute Gasteiger partial charge is 0.161 e. The molecule has 0 atom stereocenters. The van der Waals surface area contributed by atoms with E-state index in [9.17, 15) is 0 Å². The van der Waals surface area contributed by atoms with Crippen LogP contribution in [0.2, 0.25) is 0 Å². The standard InChI is InChI=1S/C22H20O4.C14H14O2.C8H10O2/c1-23-19-9-15-13-7-5-6-8-14(13)16-10-20(24-2)22(26-4)12-18(16)17(15)11-21(19)25-3;1-15-13-9-8-12(10-14(13)16-2)11-6-4-3-5-7-11;1-9-7-5-3-4-6-8(7)10-2/h5-12H,1-4H3;3-10H,1-2H3;3-6H,1-2H3. The molecule has 0 heterocycles. The van der Waals surface area contributed by atoms with Gasteiger partial charge in [0.05, 0.1) is 56.9 Å². The highest BCUT2D eigenvalue weighted by Gasteiger charge is 2.16. The highest BCUT2D eigenvalue weighted by Crippen LogP contribution is 2.44. The maximum Gasteiger partial charge on any atom is 0.161 e. The lowest BCUT2D eigenvalue weighted by atomic mass is 9.93. The van der Waals surface area contributed by atoms with Crippen molar-refractivity contribution < 1.29 is 37.9 Å². The van der Waals surface area contributed by atoms with Gasteiger partial charge in [0.2, 0.25) is 0 Å². The van der Waals surface area contributed by atoms with Gasteiger partial charge in [0.1, 0.15) is 0 Å². The minimum absolute atomic E-state index is 0.700. The zero-order chi connectivity index (χ0) is 37.0. The summed E-state index contributed by atoms with van der Waals surface area (Å²) >= 11 is 0. The first-order chi connectivity index (χ1) is 25.4. The van der Waals surface area contributed by atoms with E-state index >= 15 is 0 Å². The van der Waals surface area contributed by atoms with Crippen LogP contribution in [0.3, 0.4) is 0 Å². The van der Waals surface area contributed by atoms with Gasteiger partial charge in [-0.15, -0.1) is 0 Å². The zero-order valence-electron chi connectivity index (χ0n) is 30.8. The molecule has 0 aromatic heterocycles. The van der Waals surface area contributed by atoms with Crippen LogP contribution in [0.4, 0.5) is 0 Å². The Balaban J connectivity index is 0.000000170. The molecule has 0 unspecified atom stereocenters. The number of rotatable bonds is 9. The van der Waals surface area contributed by atoms with Gasteiger partial charge in [-0.3, -0.25) is 0 Å². The normalized spacial score (nSPS) is 10.3. The number of benzene rings is 7. The molecule has 0 aliphatic carbocycles. The molecule has 7 rings (SSSR count). The van der Waals surface area contributed by atoms with E-state index in [0.717, 1.165) is 60.9 Å². The third kappa shape index (κ3) is 7.87. The average molecular weight is 701 g/mol. The second-order valence-corrected chi connectivity index (χ2v) is 11.3. The Labute approximate surface area is 304 Å². The van der Waals surface area contributed by atoms with Crippen molar-refractivity contribution in [2.75, 3.05) is 56.9 Å². The Bertz CT molecular complexity index is 2140. The lowest BCUT2D eigenvalue weighted by molar-refractivity contribution is 0.355. The molecule has 0 aliphatic heterocycles. The van der Waals surface area contributed by atoms with Crippen LogP contribution in [0.1, 0.15) is 0 Å². The first kappa shape index (κ1) is 37.0. The molecule has 7 aromatic carbocycles. The molecule has 0 saturated carbocycles. The van der Waals surface area contributed by atoms with E-state index in [4.69, 9.17) is 37.9 Å². The monoisotopic (exact) mass is 700 g/mol. The molecule has 8 nitrogen and oxygen atoms in total. The Morgan fingerprint density at radius 2 is 0.538 bits per heavy atom. The van der Waals surface area contributed by atoms with Crippen molar-refractivity contribution in [3.8, 4) is 57.1 Å². The molecule has 0 bridgehead atoms. The zero-order valence-corrected chi connectivity index (χ0v) is 30.8. The van der Waals surface area contributed by atoms with E-state index in [2.05, 4.69) is 24.3 Å². The largest absolute Gasteiger partial charge is 0.493 e. The van der Waals surface area contributed by atoms with Crippen molar-refractivity contribution >= 4 is 32.3 Å². The fraction of sp³-hybridized carbons (Fsp3) is 0.182. The lowest BCUT2D eigenvalue weighted by Crippen LogP contribution is -1.94. The van der Waals surface area contributed by atoms with E-state index in [-0.39, 0.29) is 0 Å². The summed E-state index contributed by atoms with van der Waals surface area (Å²) in [6.07, 6.45) is 0. The van der Waals surface area contributed by atoms with Gasteiger partial charge in [-0.05, 0) is 92.0 Å². The fourth-order valence-corrected chi connectivity index (χ4v) is 6.04. The van der Waals surface area contributed by atoms with Crippen LogP contribution in [0.15, 0.2) is 121 Å². The van der Waals surface area contributed by atoms with E-state index in [1.165, 1.54) is 5.56 Å². The summed E-state index contributed by atoms with van der Waals surface area (Å²) in [4.78, 5) is 0. The maximum atomic E-state index is 5.53. The van der Waals surface area contributed by atoms with Crippen LogP contribution >= 0.6 is 0 Å². The van der Waals surface area contributed by atoms with Crippen molar-refractivity contribution in [3.05, 3.63) is 121 Å². The molecular formula is C44H44O8. The van der Waals surface area contributed by atoms with E-state index in [1.807, 2.05) is 97.1 Å². The molecule has 0 spiro atoms. The third-order valence-corrected chi connectivity index (χ3v) is 8.62. The SMILES string of the molecule is COc1cc2c3ccccc3c3cc(OC)c(OC)cc3c2cc1OC.COc1ccc(-c2ccccc2)cc1OC.COc1ccccc1OC. The van der Waals surface area contributed by atoms with Crippen molar-refractivity contribution in [2.45, 2.75) is 0 Å². The molecule has 7 aromatic rings. The van der Waals surface area contributed by atoms with Gasteiger partial charge in [0, 0.05) is 0 Å². The summed E-state index contributed by atoms with van der Waals surface area (Å²) in [5.74, 6) is 5.87. The third-order valence-electron chi connectivity index (χ3n) is 8.62. The molecule has 0 fully saturated rings. The molecule has 8 heteroatoms. The number of methoxy groups -OCH3 is 8. The summed E-state index contributed by atoms with van der Waals surface area (Å²) in [6, 6.07) is 40.1. The van der Waals surface area contributed by atoms with E-state index in [1.54, 1.807) is 56.9 Å². The van der Waals surface area contributed by atoms with Gasteiger partial charge in [-0.25, -0.2) is 0 Å². The maximum absolute atomic E-state index is 5.53. The molecular weight excluding hydrogens is 656 g/mol. The molecule has 0 aliphatic rings. The van der Waals surface area contributed by atoms with E-state index in [0.29, 0.717) is 23.0 Å². The predicted octanol–water partition coefficient (Wildman–Crippen LogP) is 10.3. The topological polar surface area (TPSA) is 73.8 Å². The molecule has 0 saturated heterocycles.